The van der Waals surface area contributed by atoms with Crippen LogP contribution in [0.4, 0.5) is 11.9 Å². The third kappa shape index (κ3) is 4.18. The summed E-state index contributed by atoms with van der Waals surface area (Å²) in [6, 6.07) is 0. The van der Waals surface area contributed by atoms with Crippen molar-refractivity contribution in [3.8, 4) is 0 Å². The Morgan fingerprint density at radius 3 is 2.71 bits per heavy atom. The number of carbonyl (C=O) groups is 1. The second-order valence-electron chi connectivity index (χ2n) is 4.37. The predicted molar refractivity (Wildman–Crippen MR) is 79.7 cm³/mol. The van der Waals surface area contributed by atoms with Crippen LogP contribution in [0.3, 0.4) is 0 Å². The maximum atomic E-state index is 11.5. The lowest BCUT2D eigenvalue weighted by Crippen LogP contribution is -2.37. The van der Waals surface area contributed by atoms with Crippen LogP contribution in [-0.2, 0) is 14.3 Å². The number of carbonyl (C=O) groups excluding carboxylic acids is 1. The van der Waals surface area contributed by atoms with Crippen molar-refractivity contribution in [3.05, 3.63) is 0 Å². The van der Waals surface area contributed by atoms with Crippen LogP contribution in [0.5, 0.6) is 0 Å². The van der Waals surface area contributed by atoms with E-state index in [9.17, 15) is 4.79 Å². The summed E-state index contributed by atoms with van der Waals surface area (Å²) in [5.41, 5.74) is 0. The van der Waals surface area contributed by atoms with Crippen molar-refractivity contribution in [1.82, 2.24) is 15.0 Å². The highest BCUT2D eigenvalue weighted by molar-refractivity contribution is 8.00. The predicted octanol–water partition coefficient (Wildman–Crippen LogP) is 0.403. The average molecular weight is 313 g/mol. The summed E-state index contributed by atoms with van der Waals surface area (Å²) in [6.45, 7) is 4.55. The number of rotatable bonds is 5. The molecule has 0 spiro atoms. The Bertz CT molecular complexity index is 496. The number of nitrogens with zero attached hydrogens (tertiary/aromatic N) is 4. The van der Waals surface area contributed by atoms with Gasteiger partial charge in [0.15, 0.2) is 5.16 Å². The molecule has 0 unspecified atom stereocenters. The molecule has 0 saturated carbocycles. The first-order valence-electron chi connectivity index (χ1n) is 6.65. The number of thioether (sulfide) groups is 1. The molecule has 2 heterocycles. The number of methoxy groups -OCH3 is 1. The first kappa shape index (κ1) is 15.8. The molecule has 0 radical (unpaired) electrons. The van der Waals surface area contributed by atoms with E-state index in [0.717, 1.165) is 13.1 Å². The monoisotopic (exact) mass is 313 g/mol. The van der Waals surface area contributed by atoms with Gasteiger partial charge < -0.3 is 19.7 Å². The number of esters is 1. The van der Waals surface area contributed by atoms with Crippen molar-refractivity contribution in [1.29, 1.82) is 0 Å². The molecule has 1 aliphatic heterocycles. The summed E-state index contributed by atoms with van der Waals surface area (Å²) in [5.74, 6) is 0.766. The van der Waals surface area contributed by atoms with Gasteiger partial charge in [-0.25, -0.2) is 0 Å². The van der Waals surface area contributed by atoms with Crippen LogP contribution in [0.15, 0.2) is 5.16 Å². The van der Waals surface area contributed by atoms with Crippen molar-refractivity contribution >= 4 is 29.6 Å². The lowest BCUT2D eigenvalue weighted by molar-refractivity contribution is -0.139. The Kier molecular flexibility index (Phi) is 5.57. The molecule has 116 valence electrons. The van der Waals surface area contributed by atoms with E-state index in [4.69, 9.17) is 9.47 Å². The highest BCUT2D eigenvalue weighted by Crippen LogP contribution is 2.23. The Morgan fingerprint density at radius 2 is 2.10 bits per heavy atom. The third-order valence-corrected chi connectivity index (χ3v) is 3.88. The van der Waals surface area contributed by atoms with E-state index >= 15 is 0 Å². The lowest BCUT2D eigenvalue weighted by Gasteiger charge is -2.27. The summed E-state index contributed by atoms with van der Waals surface area (Å²) in [5, 5.41) is 3.03. The molecule has 8 nitrogen and oxygen atoms in total. The van der Waals surface area contributed by atoms with Gasteiger partial charge in [-0.15, -0.1) is 0 Å². The van der Waals surface area contributed by atoms with Gasteiger partial charge in [0.05, 0.1) is 20.3 Å². The second-order valence-corrected chi connectivity index (χ2v) is 5.68. The average Bonchev–Trinajstić information content (AvgIpc) is 2.54. The molecule has 1 saturated heterocycles. The number of nitrogens with one attached hydrogen (secondary N) is 1. The number of morpholine rings is 1. The Balaban J connectivity index is 2.18. The molecule has 9 heteroatoms. The van der Waals surface area contributed by atoms with Gasteiger partial charge in [0, 0.05) is 20.1 Å². The van der Waals surface area contributed by atoms with Gasteiger partial charge in [0.25, 0.3) is 0 Å². The fourth-order valence-electron chi connectivity index (χ4n) is 1.79. The van der Waals surface area contributed by atoms with Crippen molar-refractivity contribution in [2.45, 2.75) is 17.3 Å². The molecule has 0 aliphatic carbocycles. The van der Waals surface area contributed by atoms with Gasteiger partial charge in [0.2, 0.25) is 11.9 Å². The van der Waals surface area contributed by atoms with Crippen LogP contribution in [0.1, 0.15) is 6.92 Å². The standard InChI is InChI=1S/C12H19N5O3S/c1-8(9(18)19-3)21-12-15-10(13-2)14-11(16-12)17-4-6-20-7-5-17/h8H,4-7H2,1-3H3,(H,13,14,15,16)/t8-/m0/s1. The van der Waals surface area contributed by atoms with Gasteiger partial charge in [-0.1, -0.05) is 11.8 Å². The lowest BCUT2D eigenvalue weighted by atomic mass is 10.4. The molecule has 0 amide bonds. The molecule has 0 bridgehead atoms. The molecular formula is C12H19N5O3S. The SMILES string of the molecule is CNc1nc(S[C@@H](C)C(=O)OC)nc(N2CCOCC2)n1. The number of hydrogen-bond acceptors (Lipinski definition) is 9. The van der Waals surface area contributed by atoms with Crippen molar-refractivity contribution in [2.75, 3.05) is 50.7 Å². The van der Waals surface area contributed by atoms with Crippen LogP contribution in [0.25, 0.3) is 0 Å². The molecule has 1 fully saturated rings. The van der Waals surface area contributed by atoms with Crippen molar-refractivity contribution in [2.24, 2.45) is 0 Å². The van der Waals surface area contributed by atoms with Crippen LogP contribution in [0.2, 0.25) is 0 Å². The van der Waals surface area contributed by atoms with E-state index in [1.54, 1.807) is 14.0 Å². The fourth-order valence-corrected chi connectivity index (χ4v) is 2.57. The number of anilines is 2. The van der Waals surface area contributed by atoms with Crippen LogP contribution >= 0.6 is 11.8 Å². The van der Waals surface area contributed by atoms with E-state index in [2.05, 4.69) is 20.3 Å². The number of hydrogen-bond donors (Lipinski definition) is 1. The van der Waals surface area contributed by atoms with Gasteiger partial charge in [0.1, 0.15) is 5.25 Å². The Morgan fingerprint density at radius 1 is 1.38 bits per heavy atom. The van der Waals surface area contributed by atoms with E-state index in [0.29, 0.717) is 30.3 Å². The summed E-state index contributed by atoms with van der Waals surface area (Å²) in [7, 11) is 3.11. The quantitative estimate of drug-likeness (QED) is 0.613. The fraction of sp³-hybridized carbons (Fsp3) is 0.667. The highest BCUT2D eigenvalue weighted by Gasteiger charge is 2.20. The van der Waals surface area contributed by atoms with E-state index in [-0.39, 0.29) is 11.2 Å². The first-order chi connectivity index (χ1) is 10.1. The van der Waals surface area contributed by atoms with Gasteiger partial charge in [-0.2, -0.15) is 15.0 Å². The van der Waals surface area contributed by atoms with Crippen molar-refractivity contribution in [3.63, 3.8) is 0 Å². The minimum Gasteiger partial charge on any atom is -0.468 e. The first-order valence-corrected chi connectivity index (χ1v) is 7.53. The zero-order chi connectivity index (χ0) is 15.2. The normalized spacial score (nSPS) is 16.4. The van der Waals surface area contributed by atoms with Crippen LogP contribution in [-0.4, -0.2) is 66.6 Å². The maximum absolute atomic E-state index is 11.5. The van der Waals surface area contributed by atoms with Crippen molar-refractivity contribution < 1.29 is 14.3 Å². The number of aromatic nitrogens is 3. The minimum absolute atomic E-state index is 0.306. The van der Waals surface area contributed by atoms with Gasteiger partial charge in [-0.05, 0) is 6.92 Å². The summed E-state index contributed by atoms with van der Waals surface area (Å²) in [6.07, 6.45) is 0. The van der Waals surface area contributed by atoms with E-state index in [1.807, 2.05) is 4.90 Å². The second kappa shape index (κ2) is 7.41. The molecular weight excluding hydrogens is 294 g/mol. The molecule has 1 aromatic heterocycles. The summed E-state index contributed by atoms with van der Waals surface area (Å²) in [4.78, 5) is 26.6. The Labute approximate surface area is 127 Å². The topological polar surface area (TPSA) is 89.5 Å². The molecule has 1 aliphatic rings. The number of ether oxygens (including phenoxy) is 2. The van der Waals surface area contributed by atoms with E-state index in [1.165, 1.54) is 18.9 Å². The van der Waals surface area contributed by atoms with Gasteiger partial charge >= 0.3 is 5.97 Å². The zero-order valence-corrected chi connectivity index (χ0v) is 13.1. The molecule has 0 aromatic carbocycles. The third-order valence-electron chi connectivity index (χ3n) is 2.94. The molecule has 21 heavy (non-hydrogen) atoms. The van der Waals surface area contributed by atoms with Crippen LogP contribution < -0.4 is 10.2 Å². The highest BCUT2D eigenvalue weighted by atomic mass is 32.2. The zero-order valence-electron chi connectivity index (χ0n) is 12.3. The largest absolute Gasteiger partial charge is 0.468 e. The molecule has 1 aromatic rings. The maximum Gasteiger partial charge on any atom is 0.318 e. The van der Waals surface area contributed by atoms with Crippen LogP contribution in [0, 0.1) is 0 Å². The molecule has 1 atom stereocenters. The Hall–Kier alpha value is -1.61. The smallest absolute Gasteiger partial charge is 0.318 e. The van der Waals surface area contributed by atoms with Gasteiger partial charge in [-0.3, -0.25) is 4.79 Å². The summed E-state index contributed by atoms with van der Waals surface area (Å²) < 4.78 is 10.0. The molecule has 1 N–H and O–H groups in total. The van der Waals surface area contributed by atoms with E-state index < -0.39 is 0 Å². The molecule has 2 rings (SSSR count). The minimum atomic E-state index is -0.375. The summed E-state index contributed by atoms with van der Waals surface area (Å²) >= 11 is 1.25.